The maximum Gasteiger partial charge on any atom is 0.274 e. The molecule has 16 heavy (non-hydrogen) atoms. The molecular weight excluding hydrogens is 212 g/mol. The molecule has 1 aromatic rings. The minimum absolute atomic E-state index is 0.0388. The normalized spacial score (nSPS) is 14.2. The van der Waals surface area contributed by atoms with Crippen molar-refractivity contribution in [2.24, 2.45) is 5.73 Å². The molecule has 0 saturated heterocycles. The first-order valence-electron chi connectivity index (χ1n) is 4.78. The Hall–Kier alpha value is -1.73. The van der Waals surface area contributed by atoms with Crippen molar-refractivity contribution in [3.05, 3.63) is 28.4 Å². The van der Waals surface area contributed by atoms with E-state index in [1.54, 1.807) is 6.92 Å². The van der Waals surface area contributed by atoms with Crippen LogP contribution in [0.5, 0.6) is 0 Å². The van der Waals surface area contributed by atoms with E-state index < -0.39 is 17.1 Å². The average Bonchev–Trinajstić information content (AvgIpc) is 2.26. The van der Waals surface area contributed by atoms with Crippen molar-refractivity contribution in [1.82, 2.24) is 4.98 Å². The molecule has 7 heteroatoms. The number of hydrogen-bond acceptors (Lipinski definition) is 6. The first kappa shape index (κ1) is 12.3. The predicted octanol–water partition coefficient (Wildman–Crippen LogP) is 0.110. The van der Waals surface area contributed by atoms with Crippen LogP contribution in [-0.2, 0) is 0 Å². The fourth-order valence-corrected chi connectivity index (χ4v) is 1.02. The second-order valence-electron chi connectivity index (χ2n) is 3.44. The van der Waals surface area contributed by atoms with E-state index >= 15 is 0 Å². The molecule has 0 fully saturated rings. The van der Waals surface area contributed by atoms with E-state index in [1.807, 2.05) is 0 Å². The average molecular weight is 226 g/mol. The monoisotopic (exact) mass is 226 g/mol. The van der Waals surface area contributed by atoms with Crippen LogP contribution in [0.3, 0.4) is 0 Å². The van der Waals surface area contributed by atoms with E-state index in [4.69, 9.17) is 10.8 Å². The van der Waals surface area contributed by atoms with E-state index in [0.717, 1.165) is 0 Å². The second kappa shape index (κ2) is 5.38. The first-order valence-corrected chi connectivity index (χ1v) is 4.78. The molecule has 0 bridgehead atoms. The SMILES string of the molecule is CC(O)C(N)CNc1cc([N+](=O)[O-])ccn1. The highest BCUT2D eigenvalue weighted by Gasteiger charge is 2.10. The smallest absolute Gasteiger partial charge is 0.274 e. The van der Waals surface area contributed by atoms with Crippen molar-refractivity contribution in [2.75, 3.05) is 11.9 Å². The van der Waals surface area contributed by atoms with Crippen molar-refractivity contribution in [2.45, 2.75) is 19.1 Å². The lowest BCUT2D eigenvalue weighted by molar-refractivity contribution is -0.384. The van der Waals surface area contributed by atoms with Crippen molar-refractivity contribution in [3.8, 4) is 0 Å². The first-order chi connectivity index (χ1) is 7.50. The Kier molecular flexibility index (Phi) is 4.15. The van der Waals surface area contributed by atoms with E-state index in [-0.39, 0.29) is 5.69 Å². The topological polar surface area (TPSA) is 114 Å². The summed E-state index contributed by atoms with van der Waals surface area (Å²) in [6.45, 7) is 1.87. The molecule has 0 radical (unpaired) electrons. The van der Waals surface area contributed by atoms with Crippen LogP contribution in [0.4, 0.5) is 11.5 Å². The zero-order valence-electron chi connectivity index (χ0n) is 8.83. The Morgan fingerprint density at radius 3 is 3.00 bits per heavy atom. The summed E-state index contributed by atoms with van der Waals surface area (Å²) < 4.78 is 0. The number of pyridine rings is 1. The van der Waals surface area contributed by atoms with E-state index in [9.17, 15) is 10.1 Å². The van der Waals surface area contributed by atoms with Gasteiger partial charge >= 0.3 is 0 Å². The number of anilines is 1. The van der Waals surface area contributed by atoms with Gasteiger partial charge in [0, 0.05) is 24.8 Å². The Labute approximate surface area is 92.4 Å². The Balaban J connectivity index is 2.61. The number of hydrogen-bond donors (Lipinski definition) is 3. The van der Waals surface area contributed by atoms with Gasteiger partial charge in [-0.2, -0.15) is 0 Å². The molecule has 4 N–H and O–H groups in total. The Bertz CT molecular complexity index is 370. The fourth-order valence-electron chi connectivity index (χ4n) is 1.02. The fraction of sp³-hybridized carbons (Fsp3) is 0.444. The van der Waals surface area contributed by atoms with Gasteiger partial charge in [-0.15, -0.1) is 0 Å². The third kappa shape index (κ3) is 3.44. The number of aliphatic hydroxyl groups is 1. The summed E-state index contributed by atoms with van der Waals surface area (Å²) in [5.74, 6) is 0.366. The Morgan fingerprint density at radius 1 is 1.75 bits per heavy atom. The number of aromatic nitrogens is 1. The van der Waals surface area contributed by atoms with Crippen molar-refractivity contribution in [3.63, 3.8) is 0 Å². The van der Waals surface area contributed by atoms with Gasteiger partial charge < -0.3 is 16.2 Å². The second-order valence-corrected chi connectivity index (χ2v) is 3.44. The molecule has 0 aliphatic carbocycles. The van der Waals surface area contributed by atoms with Gasteiger partial charge in [0.2, 0.25) is 0 Å². The Morgan fingerprint density at radius 2 is 2.44 bits per heavy atom. The van der Waals surface area contributed by atoms with E-state index in [0.29, 0.717) is 12.4 Å². The van der Waals surface area contributed by atoms with Gasteiger partial charge in [0.15, 0.2) is 0 Å². The number of rotatable bonds is 5. The van der Waals surface area contributed by atoms with Crippen LogP contribution in [0.2, 0.25) is 0 Å². The van der Waals surface area contributed by atoms with Crippen LogP contribution in [0, 0.1) is 10.1 Å². The third-order valence-corrected chi connectivity index (χ3v) is 2.09. The summed E-state index contributed by atoms with van der Waals surface area (Å²) in [7, 11) is 0. The molecule has 0 saturated carbocycles. The maximum atomic E-state index is 10.5. The standard InChI is InChI=1S/C9H14N4O3/c1-6(14)8(10)5-12-9-4-7(13(15)16)2-3-11-9/h2-4,6,8,14H,5,10H2,1H3,(H,11,12). The van der Waals surface area contributed by atoms with Gasteiger partial charge in [-0.05, 0) is 6.92 Å². The summed E-state index contributed by atoms with van der Waals surface area (Å²) in [5, 5.41) is 22.5. The molecule has 0 aliphatic rings. The highest BCUT2D eigenvalue weighted by Crippen LogP contribution is 2.13. The molecule has 7 nitrogen and oxygen atoms in total. The molecule has 0 aliphatic heterocycles. The van der Waals surface area contributed by atoms with Gasteiger partial charge in [0.25, 0.3) is 5.69 Å². The number of nitrogens with two attached hydrogens (primary N) is 1. The van der Waals surface area contributed by atoms with Crippen LogP contribution in [0.25, 0.3) is 0 Å². The molecule has 2 unspecified atom stereocenters. The lowest BCUT2D eigenvalue weighted by atomic mass is 10.2. The van der Waals surface area contributed by atoms with E-state index in [1.165, 1.54) is 18.3 Å². The summed E-state index contributed by atoms with van der Waals surface area (Å²) in [6.07, 6.45) is 0.695. The largest absolute Gasteiger partial charge is 0.392 e. The van der Waals surface area contributed by atoms with Crippen LogP contribution in [0.15, 0.2) is 18.3 Å². The summed E-state index contributed by atoms with van der Waals surface area (Å²) in [4.78, 5) is 13.9. The summed E-state index contributed by atoms with van der Waals surface area (Å²) >= 11 is 0. The van der Waals surface area contributed by atoms with Crippen molar-refractivity contribution < 1.29 is 10.0 Å². The molecular formula is C9H14N4O3. The number of nitrogens with zero attached hydrogens (tertiary/aromatic N) is 2. The summed E-state index contributed by atoms with van der Waals surface area (Å²) in [5.41, 5.74) is 5.55. The zero-order chi connectivity index (χ0) is 12.1. The van der Waals surface area contributed by atoms with E-state index in [2.05, 4.69) is 10.3 Å². The highest BCUT2D eigenvalue weighted by atomic mass is 16.6. The van der Waals surface area contributed by atoms with Gasteiger partial charge in [-0.1, -0.05) is 0 Å². The molecule has 1 heterocycles. The highest BCUT2D eigenvalue weighted by molar-refractivity contribution is 5.44. The van der Waals surface area contributed by atoms with Gasteiger partial charge in [0.1, 0.15) is 5.82 Å². The van der Waals surface area contributed by atoms with Crippen LogP contribution in [0.1, 0.15) is 6.92 Å². The third-order valence-electron chi connectivity index (χ3n) is 2.09. The molecule has 0 spiro atoms. The molecule has 0 aromatic carbocycles. The van der Waals surface area contributed by atoms with Crippen molar-refractivity contribution in [1.29, 1.82) is 0 Å². The predicted molar refractivity (Wildman–Crippen MR) is 59.0 cm³/mol. The molecule has 2 atom stereocenters. The molecule has 0 amide bonds. The lowest BCUT2D eigenvalue weighted by Gasteiger charge is -2.15. The van der Waals surface area contributed by atoms with Gasteiger partial charge in [0.05, 0.1) is 17.1 Å². The maximum absolute atomic E-state index is 10.5. The molecule has 1 rings (SSSR count). The molecule has 1 aromatic heterocycles. The van der Waals surface area contributed by atoms with Crippen LogP contribution in [-0.4, -0.2) is 33.7 Å². The van der Waals surface area contributed by atoms with Crippen molar-refractivity contribution >= 4 is 11.5 Å². The quantitative estimate of drug-likeness (QED) is 0.485. The van der Waals surface area contributed by atoms with Crippen LogP contribution < -0.4 is 11.1 Å². The number of nitrogens with one attached hydrogen (secondary N) is 1. The number of aliphatic hydroxyl groups excluding tert-OH is 1. The van der Waals surface area contributed by atoms with Crippen LogP contribution >= 0.6 is 0 Å². The molecule has 88 valence electrons. The minimum Gasteiger partial charge on any atom is -0.392 e. The minimum atomic E-state index is -0.647. The van der Waals surface area contributed by atoms with Gasteiger partial charge in [-0.3, -0.25) is 10.1 Å². The zero-order valence-corrected chi connectivity index (χ0v) is 8.83. The lowest BCUT2D eigenvalue weighted by Crippen LogP contribution is -2.38. The van der Waals surface area contributed by atoms with Gasteiger partial charge in [-0.25, -0.2) is 4.98 Å². The summed E-state index contributed by atoms with van der Waals surface area (Å²) in [6, 6.07) is 2.18. The number of nitro groups is 1.